The standard InChI is InChI=1S/C26H22N4O2S/c1-16-8-7-13-30-15-21(28-24(16)30)19-11-12-22(32-3)20(14-19)29-25(31)23-17(2)27-26(33-23)18-9-5-4-6-10-18/h4-15H,1-3H3,(H,29,31). The number of hydrogen-bond donors (Lipinski definition) is 1. The van der Waals surface area contributed by atoms with Crippen molar-refractivity contribution in [1.82, 2.24) is 14.4 Å². The molecule has 2 aromatic carbocycles. The molecule has 0 radical (unpaired) electrons. The maximum atomic E-state index is 13.2. The Morgan fingerprint density at radius 1 is 1.00 bits per heavy atom. The molecule has 7 heteroatoms. The lowest BCUT2D eigenvalue weighted by atomic mass is 10.1. The minimum absolute atomic E-state index is 0.214. The van der Waals surface area contributed by atoms with Crippen molar-refractivity contribution in [3.63, 3.8) is 0 Å². The Kier molecular flexibility index (Phi) is 5.40. The first-order valence-corrected chi connectivity index (χ1v) is 11.3. The highest BCUT2D eigenvalue weighted by Gasteiger charge is 2.18. The number of benzene rings is 2. The van der Waals surface area contributed by atoms with E-state index in [-0.39, 0.29) is 5.91 Å². The number of rotatable bonds is 5. The molecule has 0 saturated carbocycles. The van der Waals surface area contributed by atoms with Gasteiger partial charge in [-0.25, -0.2) is 9.97 Å². The van der Waals surface area contributed by atoms with Crippen molar-refractivity contribution in [2.24, 2.45) is 0 Å². The number of aromatic nitrogens is 3. The summed E-state index contributed by atoms with van der Waals surface area (Å²) in [5.74, 6) is 0.367. The van der Waals surface area contributed by atoms with Gasteiger partial charge in [0.25, 0.3) is 5.91 Å². The molecular weight excluding hydrogens is 432 g/mol. The molecule has 5 rings (SSSR count). The lowest BCUT2D eigenvalue weighted by Crippen LogP contribution is -2.12. The van der Waals surface area contributed by atoms with Gasteiger partial charge in [-0.3, -0.25) is 4.79 Å². The van der Waals surface area contributed by atoms with Crippen LogP contribution in [0.5, 0.6) is 5.75 Å². The number of methoxy groups -OCH3 is 1. The summed E-state index contributed by atoms with van der Waals surface area (Å²) in [4.78, 5) is 23.1. The minimum Gasteiger partial charge on any atom is -0.495 e. The van der Waals surface area contributed by atoms with Crippen LogP contribution < -0.4 is 10.1 Å². The summed E-state index contributed by atoms with van der Waals surface area (Å²) < 4.78 is 7.50. The fourth-order valence-corrected chi connectivity index (χ4v) is 4.72. The van der Waals surface area contributed by atoms with Crippen molar-refractivity contribution >= 4 is 28.6 Å². The Bertz CT molecular complexity index is 1470. The van der Waals surface area contributed by atoms with Gasteiger partial charge in [-0.15, -0.1) is 11.3 Å². The molecule has 0 aliphatic rings. The average Bonchev–Trinajstić information content (AvgIpc) is 3.44. The van der Waals surface area contributed by atoms with Crippen molar-refractivity contribution in [3.05, 3.63) is 89.2 Å². The van der Waals surface area contributed by atoms with E-state index in [0.29, 0.717) is 22.0 Å². The Hall–Kier alpha value is -3.97. The van der Waals surface area contributed by atoms with Crippen molar-refractivity contribution in [2.45, 2.75) is 13.8 Å². The van der Waals surface area contributed by atoms with Crippen LogP contribution in [0.1, 0.15) is 20.9 Å². The normalized spacial score (nSPS) is 11.0. The van der Waals surface area contributed by atoms with E-state index in [4.69, 9.17) is 9.72 Å². The van der Waals surface area contributed by atoms with Crippen LogP contribution in [0.2, 0.25) is 0 Å². The summed E-state index contributed by atoms with van der Waals surface area (Å²) in [6, 6.07) is 19.6. The zero-order valence-corrected chi connectivity index (χ0v) is 19.3. The number of hydrogen-bond acceptors (Lipinski definition) is 5. The van der Waals surface area contributed by atoms with Gasteiger partial charge in [0.2, 0.25) is 0 Å². The van der Waals surface area contributed by atoms with E-state index in [9.17, 15) is 4.79 Å². The number of ether oxygens (including phenoxy) is 1. The molecule has 3 heterocycles. The summed E-state index contributed by atoms with van der Waals surface area (Å²) in [6.45, 7) is 3.89. The van der Waals surface area contributed by atoms with Crippen molar-refractivity contribution in [1.29, 1.82) is 0 Å². The summed E-state index contributed by atoms with van der Waals surface area (Å²) >= 11 is 1.38. The molecule has 6 nitrogen and oxygen atoms in total. The number of imidazole rings is 1. The predicted molar refractivity (Wildman–Crippen MR) is 132 cm³/mol. The van der Waals surface area contributed by atoms with Gasteiger partial charge < -0.3 is 14.5 Å². The summed E-state index contributed by atoms with van der Waals surface area (Å²) in [5, 5.41) is 3.83. The van der Waals surface area contributed by atoms with E-state index in [0.717, 1.165) is 33.0 Å². The molecule has 1 amide bonds. The van der Waals surface area contributed by atoms with Crippen LogP contribution in [0.4, 0.5) is 5.69 Å². The third-order valence-corrected chi connectivity index (χ3v) is 6.65. The number of nitrogens with zero attached hydrogens (tertiary/aromatic N) is 3. The van der Waals surface area contributed by atoms with E-state index < -0.39 is 0 Å². The Balaban J connectivity index is 1.47. The van der Waals surface area contributed by atoms with Crippen molar-refractivity contribution in [3.8, 4) is 27.6 Å². The van der Waals surface area contributed by atoms with Crippen LogP contribution in [0.25, 0.3) is 27.5 Å². The van der Waals surface area contributed by atoms with Gasteiger partial charge in [-0.05, 0) is 43.7 Å². The molecule has 5 aromatic rings. The molecule has 0 atom stereocenters. The molecule has 0 spiro atoms. The van der Waals surface area contributed by atoms with Crippen LogP contribution >= 0.6 is 11.3 Å². The van der Waals surface area contributed by atoms with E-state index in [1.165, 1.54) is 11.3 Å². The number of carbonyl (C=O) groups is 1. The first-order chi connectivity index (χ1) is 16.0. The van der Waals surface area contributed by atoms with Gasteiger partial charge in [0, 0.05) is 23.5 Å². The number of fused-ring (bicyclic) bond motifs is 1. The number of aryl methyl sites for hydroxylation is 2. The van der Waals surface area contributed by atoms with E-state index in [2.05, 4.69) is 10.3 Å². The van der Waals surface area contributed by atoms with Gasteiger partial charge in [-0.2, -0.15) is 0 Å². The molecule has 0 aliphatic heterocycles. The lowest BCUT2D eigenvalue weighted by Gasteiger charge is -2.11. The molecule has 33 heavy (non-hydrogen) atoms. The molecule has 3 aromatic heterocycles. The quantitative estimate of drug-likeness (QED) is 0.353. The predicted octanol–water partition coefficient (Wildman–Crippen LogP) is 6.00. The zero-order valence-electron chi connectivity index (χ0n) is 18.5. The highest BCUT2D eigenvalue weighted by atomic mass is 32.1. The number of pyridine rings is 1. The summed E-state index contributed by atoms with van der Waals surface area (Å²) in [7, 11) is 1.59. The van der Waals surface area contributed by atoms with Crippen molar-refractivity contribution < 1.29 is 9.53 Å². The first-order valence-electron chi connectivity index (χ1n) is 10.5. The molecule has 0 saturated heterocycles. The van der Waals surface area contributed by atoms with Crippen LogP contribution in [0.15, 0.2) is 73.1 Å². The smallest absolute Gasteiger partial charge is 0.267 e. The number of nitrogens with one attached hydrogen (secondary N) is 1. The third-order valence-electron chi connectivity index (χ3n) is 5.44. The van der Waals surface area contributed by atoms with Gasteiger partial charge in [0.05, 0.1) is 24.2 Å². The number of carbonyl (C=O) groups excluding carboxylic acids is 1. The number of amides is 1. The number of anilines is 1. The maximum absolute atomic E-state index is 13.2. The van der Waals surface area contributed by atoms with Gasteiger partial charge >= 0.3 is 0 Å². The van der Waals surface area contributed by atoms with Crippen LogP contribution in [0.3, 0.4) is 0 Å². The maximum Gasteiger partial charge on any atom is 0.267 e. The highest BCUT2D eigenvalue weighted by Crippen LogP contribution is 2.33. The van der Waals surface area contributed by atoms with Crippen LogP contribution in [-0.4, -0.2) is 27.4 Å². The highest BCUT2D eigenvalue weighted by molar-refractivity contribution is 7.17. The third kappa shape index (κ3) is 3.99. The van der Waals surface area contributed by atoms with Gasteiger partial charge in [-0.1, -0.05) is 36.4 Å². The van der Waals surface area contributed by atoms with E-state index >= 15 is 0 Å². The van der Waals surface area contributed by atoms with E-state index in [1.807, 2.05) is 91.3 Å². The van der Waals surface area contributed by atoms with Gasteiger partial charge in [0.1, 0.15) is 21.3 Å². The fraction of sp³-hybridized carbons (Fsp3) is 0.115. The zero-order chi connectivity index (χ0) is 22.9. The molecular formula is C26H22N4O2S. The summed E-state index contributed by atoms with van der Waals surface area (Å²) in [5.41, 5.74) is 5.99. The second kappa shape index (κ2) is 8.52. The molecule has 0 bridgehead atoms. The van der Waals surface area contributed by atoms with Crippen LogP contribution in [-0.2, 0) is 0 Å². The van der Waals surface area contributed by atoms with Gasteiger partial charge in [0.15, 0.2) is 0 Å². The Morgan fingerprint density at radius 2 is 1.82 bits per heavy atom. The largest absolute Gasteiger partial charge is 0.495 e. The molecule has 0 fully saturated rings. The monoisotopic (exact) mass is 454 g/mol. The molecule has 1 N–H and O–H groups in total. The Labute approximate surface area is 195 Å². The Morgan fingerprint density at radius 3 is 2.58 bits per heavy atom. The minimum atomic E-state index is -0.214. The second-order valence-electron chi connectivity index (χ2n) is 7.72. The molecule has 0 aliphatic carbocycles. The second-order valence-corrected chi connectivity index (χ2v) is 8.72. The molecule has 0 unspecified atom stereocenters. The number of thiazole rings is 1. The molecule has 164 valence electrons. The van der Waals surface area contributed by atoms with E-state index in [1.54, 1.807) is 7.11 Å². The average molecular weight is 455 g/mol. The fourth-order valence-electron chi connectivity index (χ4n) is 3.75. The first kappa shape index (κ1) is 20.9. The summed E-state index contributed by atoms with van der Waals surface area (Å²) in [6.07, 6.45) is 3.96. The topological polar surface area (TPSA) is 68.5 Å². The lowest BCUT2D eigenvalue weighted by molar-refractivity contribution is 0.102. The SMILES string of the molecule is COc1ccc(-c2cn3cccc(C)c3n2)cc1NC(=O)c1sc(-c2ccccc2)nc1C. The van der Waals surface area contributed by atoms with Crippen molar-refractivity contribution in [2.75, 3.05) is 12.4 Å². The van der Waals surface area contributed by atoms with Crippen LogP contribution in [0, 0.1) is 13.8 Å².